The molecule has 6 heavy (non-hydrogen) atoms. The fourth-order valence-corrected chi connectivity index (χ4v) is 0.739. The minimum atomic E-state index is -0.149. The van der Waals surface area contributed by atoms with Gasteiger partial charge in [0.05, 0.1) is 0 Å². The molecule has 0 aliphatic rings. The van der Waals surface area contributed by atoms with Crippen molar-refractivity contribution >= 4 is 15.4 Å². The zero-order valence-electron chi connectivity index (χ0n) is 3.90. The Hall–Kier alpha value is -0.313. The maximum Gasteiger partial charge on any atom is 0.214 e. The third kappa shape index (κ3) is 3.69. The second-order valence-electron chi connectivity index (χ2n) is 1.22. The molecular formula is C3H9NOSi. The molecule has 0 aromatic heterocycles. The first-order valence-electron chi connectivity index (χ1n) is 2.05. The molecule has 36 valence electrons. The summed E-state index contributed by atoms with van der Waals surface area (Å²) >= 11 is 0. The third-order valence-corrected chi connectivity index (χ3v) is 1.49. The maximum absolute atomic E-state index is 9.86. The van der Waals surface area contributed by atoms with Gasteiger partial charge in [0.1, 0.15) is 0 Å². The van der Waals surface area contributed by atoms with E-state index in [2.05, 4.69) is 6.55 Å². The van der Waals surface area contributed by atoms with Crippen molar-refractivity contribution in [1.29, 1.82) is 0 Å². The zero-order valence-corrected chi connectivity index (χ0v) is 5.31. The fraction of sp³-hybridized carbons (Fsp3) is 0.667. The van der Waals surface area contributed by atoms with Gasteiger partial charge in [0.15, 0.2) is 0 Å². The summed E-state index contributed by atoms with van der Waals surface area (Å²) < 4.78 is 0. The zero-order chi connectivity index (χ0) is 4.99. The van der Waals surface area contributed by atoms with Crippen molar-refractivity contribution in [3.05, 3.63) is 0 Å². The van der Waals surface area contributed by atoms with Crippen molar-refractivity contribution < 1.29 is 4.79 Å². The summed E-state index contributed by atoms with van der Waals surface area (Å²) in [6, 6.07) is 0.653. The second-order valence-corrected chi connectivity index (χ2v) is 2.72. The minimum absolute atomic E-state index is 0.108. The van der Waals surface area contributed by atoms with Crippen LogP contribution in [-0.2, 0) is 4.79 Å². The van der Waals surface area contributed by atoms with Crippen LogP contribution in [0.25, 0.3) is 0 Å². The van der Waals surface area contributed by atoms with E-state index in [0.29, 0.717) is 6.04 Å². The molecule has 0 aromatic carbocycles. The van der Waals surface area contributed by atoms with Crippen LogP contribution in [0.15, 0.2) is 0 Å². The van der Waals surface area contributed by atoms with E-state index in [1.165, 1.54) is 0 Å². The molecule has 0 heterocycles. The van der Waals surface area contributed by atoms with Gasteiger partial charge in [-0.25, -0.2) is 0 Å². The lowest BCUT2D eigenvalue weighted by Gasteiger charge is -1.80. The molecule has 1 amide bonds. The average Bonchev–Trinajstić information content (AvgIpc) is 1.35. The number of nitrogens with two attached hydrogens (primary N) is 1. The lowest BCUT2D eigenvalue weighted by Crippen LogP contribution is -2.10. The number of primary amides is 1. The van der Waals surface area contributed by atoms with Crippen molar-refractivity contribution in [2.45, 2.75) is 12.6 Å². The summed E-state index contributed by atoms with van der Waals surface area (Å²) in [6.07, 6.45) is 0. The Morgan fingerprint density at radius 1 is 2.00 bits per heavy atom. The Kier molecular flexibility index (Phi) is 2.75. The Morgan fingerprint density at radius 3 is 2.50 bits per heavy atom. The highest BCUT2D eigenvalue weighted by Crippen LogP contribution is 1.69. The standard InChI is InChI=1S/C3H9NOSi/c1-6-2-3(4)5/h2,6H2,1H3,(H2,4,5). The van der Waals surface area contributed by atoms with Crippen LogP contribution in [0, 0.1) is 0 Å². The predicted molar refractivity (Wildman–Crippen MR) is 28.4 cm³/mol. The van der Waals surface area contributed by atoms with Crippen LogP contribution in [0.3, 0.4) is 0 Å². The van der Waals surface area contributed by atoms with Crippen LogP contribution in [0.1, 0.15) is 0 Å². The number of hydrogen-bond donors (Lipinski definition) is 1. The Bertz CT molecular complexity index is 54.8. The van der Waals surface area contributed by atoms with Crippen LogP contribution in [0.2, 0.25) is 12.6 Å². The van der Waals surface area contributed by atoms with Crippen molar-refractivity contribution in [1.82, 2.24) is 0 Å². The molecule has 2 N–H and O–H groups in total. The Morgan fingerprint density at radius 2 is 2.50 bits per heavy atom. The molecular weight excluding hydrogens is 94.1 g/mol. The lowest BCUT2D eigenvalue weighted by molar-refractivity contribution is -0.115. The molecule has 0 unspecified atom stereocenters. The predicted octanol–water partition coefficient (Wildman–Crippen LogP) is -0.893. The molecule has 2 nitrogen and oxygen atoms in total. The minimum Gasteiger partial charge on any atom is -0.370 e. The number of carbonyl (C=O) groups excluding carboxylic acids is 1. The highest BCUT2D eigenvalue weighted by molar-refractivity contribution is 6.39. The van der Waals surface area contributed by atoms with Gasteiger partial charge in [0, 0.05) is 15.6 Å². The SMILES string of the molecule is C[SiH2]CC(N)=O. The molecule has 0 bridgehead atoms. The van der Waals surface area contributed by atoms with E-state index in [0.717, 1.165) is 0 Å². The molecule has 0 aromatic rings. The summed E-state index contributed by atoms with van der Waals surface area (Å²) in [5.41, 5.74) is 4.80. The number of hydrogen-bond acceptors (Lipinski definition) is 1. The van der Waals surface area contributed by atoms with Crippen LogP contribution < -0.4 is 5.73 Å². The molecule has 0 spiro atoms. The van der Waals surface area contributed by atoms with E-state index in [1.54, 1.807) is 0 Å². The van der Waals surface area contributed by atoms with Gasteiger partial charge in [-0.15, -0.1) is 0 Å². The molecule has 0 aliphatic carbocycles. The van der Waals surface area contributed by atoms with E-state index in [9.17, 15) is 4.79 Å². The molecule has 0 aliphatic heterocycles. The molecule has 0 atom stereocenters. The van der Waals surface area contributed by atoms with Crippen molar-refractivity contribution in [3.63, 3.8) is 0 Å². The molecule has 0 radical (unpaired) electrons. The molecule has 0 fully saturated rings. The van der Waals surface area contributed by atoms with Gasteiger partial charge in [-0.05, 0) is 0 Å². The first-order valence-corrected chi connectivity index (χ1v) is 4.47. The van der Waals surface area contributed by atoms with Gasteiger partial charge in [0.2, 0.25) is 5.91 Å². The van der Waals surface area contributed by atoms with Crippen molar-refractivity contribution in [2.75, 3.05) is 0 Å². The van der Waals surface area contributed by atoms with Crippen LogP contribution >= 0.6 is 0 Å². The van der Waals surface area contributed by atoms with Crippen molar-refractivity contribution in [2.24, 2.45) is 5.73 Å². The Labute approximate surface area is 39.5 Å². The normalized spacial score (nSPS) is 10.2. The van der Waals surface area contributed by atoms with Crippen LogP contribution in [0.5, 0.6) is 0 Å². The first kappa shape index (κ1) is 5.69. The van der Waals surface area contributed by atoms with Crippen molar-refractivity contribution in [3.8, 4) is 0 Å². The van der Waals surface area contributed by atoms with Gasteiger partial charge in [0.25, 0.3) is 0 Å². The molecule has 0 saturated heterocycles. The fourth-order valence-electron chi connectivity index (χ4n) is 0.246. The first-order chi connectivity index (χ1) is 2.77. The van der Waals surface area contributed by atoms with E-state index in [4.69, 9.17) is 5.73 Å². The molecule has 0 rings (SSSR count). The number of carbonyl (C=O) groups is 1. The quantitative estimate of drug-likeness (QED) is 0.452. The summed E-state index contributed by atoms with van der Waals surface area (Å²) in [5, 5.41) is 0. The van der Waals surface area contributed by atoms with E-state index in [1.807, 2.05) is 0 Å². The average molecular weight is 103 g/mol. The largest absolute Gasteiger partial charge is 0.370 e. The van der Waals surface area contributed by atoms with E-state index >= 15 is 0 Å². The van der Waals surface area contributed by atoms with E-state index in [-0.39, 0.29) is 15.4 Å². The highest BCUT2D eigenvalue weighted by atomic mass is 28.2. The molecule has 3 heteroatoms. The van der Waals surface area contributed by atoms with Crippen LogP contribution in [0.4, 0.5) is 0 Å². The second kappa shape index (κ2) is 2.90. The third-order valence-electron chi connectivity index (χ3n) is 0.496. The lowest BCUT2D eigenvalue weighted by atomic mass is 10.8. The summed E-state index contributed by atoms with van der Waals surface area (Å²) in [5.74, 6) is -0.149. The summed E-state index contributed by atoms with van der Waals surface area (Å²) in [6.45, 7) is 2.06. The van der Waals surface area contributed by atoms with Gasteiger partial charge in [-0.3, -0.25) is 4.79 Å². The van der Waals surface area contributed by atoms with Crippen LogP contribution in [-0.4, -0.2) is 15.4 Å². The van der Waals surface area contributed by atoms with Gasteiger partial charge in [-0.1, -0.05) is 6.55 Å². The Balaban J connectivity index is 2.83. The number of rotatable bonds is 2. The highest BCUT2D eigenvalue weighted by Gasteiger charge is 1.85. The van der Waals surface area contributed by atoms with Gasteiger partial charge < -0.3 is 5.73 Å². The van der Waals surface area contributed by atoms with E-state index < -0.39 is 0 Å². The summed E-state index contributed by atoms with van der Waals surface area (Å²) in [4.78, 5) is 9.86. The smallest absolute Gasteiger partial charge is 0.214 e. The van der Waals surface area contributed by atoms with Gasteiger partial charge in [-0.2, -0.15) is 0 Å². The van der Waals surface area contributed by atoms with Gasteiger partial charge >= 0.3 is 0 Å². The number of amides is 1. The maximum atomic E-state index is 9.86. The topological polar surface area (TPSA) is 43.1 Å². The molecule has 0 saturated carbocycles. The monoisotopic (exact) mass is 103 g/mol. The summed E-state index contributed by atoms with van der Waals surface area (Å²) in [7, 11) is -0.108.